The molecule has 0 unspecified atom stereocenters. The number of piperazine rings is 1. The van der Waals surface area contributed by atoms with Gasteiger partial charge in [0.15, 0.2) is 0 Å². The van der Waals surface area contributed by atoms with Crippen molar-refractivity contribution in [3.63, 3.8) is 0 Å². The van der Waals surface area contributed by atoms with Crippen LogP contribution < -0.4 is 15.1 Å². The largest absolute Gasteiger partial charge is 0.371 e. The summed E-state index contributed by atoms with van der Waals surface area (Å²) in [4.78, 5) is 33.1. The number of halogens is 1. The number of rotatable bonds is 5. The number of para-hydroxylation sites is 2. The molecular formula is C27H29ClN4O2S. The molecule has 35 heavy (non-hydrogen) atoms. The lowest BCUT2D eigenvalue weighted by molar-refractivity contribution is 0.0747. The van der Waals surface area contributed by atoms with E-state index in [4.69, 9.17) is 11.6 Å². The molecule has 3 heterocycles. The molecule has 0 saturated carbocycles. The van der Waals surface area contributed by atoms with Crippen molar-refractivity contribution < 1.29 is 9.59 Å². The highest BCUT2D eigenvalue weighted by Gasteiger charge is 2.28. The van der Waals surface area contributed by atoms with Crippen LogP contribution in [0.25, 0.3) is 0 Å². The van der Waals surface area contributed by atoms with E-state index in [0.717, 1.165) is 65.9 Å². The van der Waals surface area contributed by atoms with Crippen molar-refractivity contribution in [2.45, 2.75) is 18.9 Å². The summed E-state index contributed by atoms with van der Waals surface area (Å²) in [5, 5.41) is 5.82. The Morgan fingerprint density at radius 3 is 2.14 bits per heavy atom. The number of benzene rings is 2. The minimum Gasteiger partial charge on any atom is -0.371 e. The summed E-state index contributed by atoms with van der Waals surface area (Å²) < 4.78 is 0. The Hall–Kier alpha value is -3.03. The van der Waals surface area contributed by atoms with E-state index >= 15 is 0 Å². The predicted molar refractivity (Wildman–Crippen MR) is 143 cm³/mol. The molecule has 1 N–H and O–H groups in total. The third-order valence-electron chi connectivity index (χ3n) is 6.81. The van der Waals surface area contributed by atoms with Crippen molar-refractivity contribution in [3.8, 4) is 0 Å². The maximum atomic E-state index is 13.5. The summed E-state index contributed by atoms with van der Waals surface area (Å²) >= 11 is 7.83. The van der Waals surface area contributed by atoms with Crippen LogP contribution in [0.2, 0.25) is 5.02 Å². The van der Waals surface area contributed by atoms with Crippen LogP contribution in [0.15, 0.2) is 66.0 Å². The zero-order valence-corrected chi connectivity index (χ0v) is 21.1. The van der Waals surface area contributed by atoms with E-state index in [9.17, 15) is 9.59 Å². The summed E-state index contributed by atoms with van der Waals surface area (Å²) in [7, 11) is 0. The van der Waals surface area contributed by atoms with Gasteiger partial charge in [0.25, 0.3) is 11.8 Å². The molecule has 182 valence electrons. The van der Waals surface area contributed by atoms with Gasteiger partial charge in [0, 0.05) is 51.0 Å². The first-order valence-electron chi connectivity index (χ1n) is 12.1. The number of anilines is 2. The van der Waals surface area contributed by atoms with Crippen LogP contribution in [0.4, 0.5) is 11.4 Å². The van der Waals surface area contributed by atoms with E-state index in [2.05, 4.69) is 15.1 Å². The van der Waals surface area contributed by atoms with Gasteiger partial charge in [-0.25, -0.2) is 0 Å². The number of thiophene rings is 1. The summed E-state index contributed by atoms with van der Waals surface area (Å²) in [5.74, 6) is 0.0810. The second-order valence-electron chi connectivity index (χ2n) is 8.96. The van der Waals surface area contributed by atoms with E-state index in [1.807, 2.05) is 70.9 Å². The molecule has 5 rings (SSSR count). The predicted octanol–water partition coefficient (Wildman–Crippen LogP) is 4.76. The van der Waals surface area contributed by atoms with Gasteiger partial charge in [-0.1, -0.05) is 41.9 Å². The average Bonchev–Trinajstić information content (AvgIpc) is 3.45. The van der Waals surface area contributed by atoms with Crippen molar-refractivity contribution in [2.24, 2.45) is 0 Å². The molecule has 2 saturated heterocycles. The molecule has 1 aromatic heterocycles. The van der Waals surface area contributed by atoms with Crippen molar-refractivity contribution in [2.75, 3.05) is 49.1 Å². The van der Waals surface area contributed by atoms with Crippen molar-refractivity contribution in [1.82, 2.24) is 10.2 Å². The topological polar surface area (TPSA) is 55.9 Å². The van der Waals surface area contributed by atoms with Gasteiger partial charge in [0.2, 0.25) is 0 Å². The summed E-state index contributed by atoms with van der Waals surface area (Å²) in [6, 6.07) is 19.7. The first-order chi connectivity index (χ1) is 17.1. The minimum absolute atomic E-state index is 0.00459. The number of amides is 2. The summed E-state index contributed by atoms with van der Waals surface area (Å²) in [6.45, 7) is 4.45. The van der Waals surface area contributed by atoms with Gasteiger partial charge in [0.1, 0.15) is 0 Å². The molecule has 0 bridgehead atoms. The van der Waals surface area contributed by atoms with E-state index in [1.165, 1.54) is 11.3 Å². The normalized spacial score (nSPS) is 16.9. The van der Waals surface area contributed by atoms with E-state index in [-0.39, 0.29) is 17.9 Å². The molecule has 0 radical (unpaired) electrons. The van der Waals surface area contributed by atoms with Crippen LogP contribution >= 0.6 is 22.9 Å². The smallest absolute Gasteiger partial charge is 0.261 e. The number of piperidine rings is 1. The molecule has 8 heteroatoms. The zero-order chi connectivity index (χ0) is 24.2. The number of carbonyl (C=O) groups is 2. The molecule has 0 spiro atoms. The SMILES string of the molecule is O=C(NC1CCN(c2ccccc2C(=O)N2CCN(c3ccccc3Cl)CC2)CC1)c1cccs1. The van der Waals surface area contributed by atoms with Crippen molar-refractivity contribution >= 4 is 46.1 Å². The van der Waals surface area contributed by atoms with Crippen molar-refractivity contribution in [1.29, 1.82) is 0 Å². The van der Waals surface area contributed by atoms with Crippen LogP contribution in [-0.4, -0.2) is 62.0 Å². The molecule has 6 nitrogen and oxygen atoms in total. The van der Waals surface area contributed by atoms with Crippen molar-refractivity contribution in [3.05, 3.63) is 81.5 Å². The minimum atomic E-state index is 0.00459. The first kappa shape index (κ1) is 23.7. The molecule has 2 amide bonds. The number of carbonyl (C=O) groups excluding carboxylic acids is 2. The van der Waals surface area contributed by atoms with E-state index in [0.29, 0.717) is 13.1 Å². The van der Waals surface area contributed by atoms with Gasteiger partial charge >= 0.3 is 0 Å². The quantitative estimate of drug-likeness (QED) is 0.539. The number of hydrogen-bond acceptors (Lipinski definition) is 5. The Morgan fingerprint density at radius 1 is 0.800 bits per heavy atom. The fraction of sp³-hybridized carbons (Fsp3) is 0.333. The molecule has 0 atom stereocenters. The molecule has 2 fully saturated rings. The van der Waals surface area contributed by atoms with E-state index < -0.39 is 0 Å². The third kappa shape index (κ3) is 5.31. The van der Waals surface area contributed by atoms with Gasteiger partial charge in [-0.15, -0.1) is 11.3 Å². The Balaban J connectivity index is 1.20. The average molecular weight is 509 g/mol. The lowest BCUT2D eigenvalue weighted by Gasteiger charge is -2.38. The summed E-state index contributed by atoms with van der Waals surface area (Å²) in [6.07, 6.45) is 1.71. The Bertz CT molecular complexity index is 1170. The lowest BCUT2D eigenvalue weighted by atomic mass is 10.0. The van der Waals surface area contributed by atoms with Crippen LogP contribution in [0.3, 0.4) is 0 Å². The molecule has 2 aliphatic heterocycles. The van der Waals surface area contributed by atoms with Crippen LogP contribution in [0.1, 0.15) is 32.9 Å². The highest BCUT2D eigenvalue weighted by Crippen LogP contribution is 2.28. The monoisotopic (exact) mass is 508 g/mol. The number of nitrogens with zero attached hydrogens (tertiary/aromatic N) is 3. The number of hydrogen-bond donors (Lipinski definition) is 1. The fourth-order valence-corrected chi connectivity index (χ4v) is 5.77. The Morgan fingerprint density at radius 2 is 1.46 bits per heavy atom. The van der Waals surface area contributed by atoms with Crippen LogP contribution in [0.5, 0.6) is 0 Å². The first-order valence-corrected chi connectivity index (χ1v) is 13.3. The highest BCUT2D eigenvalue weighted by atomic mass is 35.5. The highest BCUT2D eigenvalue weighted by molar-refractivity contribution is 7.12. The molecule has 0 aliphatic carbocycles. The Labute approximate surface area is 215 Å². The van der Waals surface area contributed by atoms with Crippen LogP contribution in [0, 0.1) is 0 Å². The molecular weight excluding hydrogens is 480 g/mol. The fourth-order valence-electron chi connectivity index (χ4n) is 4.89. The third-order valence-corrected chi connectivity index (χ3v) is 8.00. The summed E-state index contributed by atoms with van der Waals surface area (Å²) in [5.41, 5.74) is 2.75. The maximum absolute atomic E-state index is 13.5. The van der Waals surface area contributed by atoms with Crippen LogP contribution in [-0.2, 0) is 0 Å². The second kappa shape index (κ2) is 10.7. The lowest BCUT2D eigenvalue weighted by Crippen LogP contribution is -2.49. The van der Waals surface area contributed by atoms with E-state index in [1.54, 1.807) is 0 Å². The van der Waals surface area contributed by atoms with Gasteiger partial charge < -0.3 is 20.0 Å². The van der Waals surface area contributed by atoms with Gasteiger partial charge in [-0.3, -0.25) is 9.59 Å². The maximum Gasteiger partial charge on any atom is 0.261 e. The zero-order valence-electron chi connectivity index (χ0n) is 19.5. The molecule has 3 aromatic rings. The Kier molecular flexibility index (Phi) is 7.25. The van der Waals surface area contributed by atoms with Gasteiger partial charge in [-0.05, 0) is 48.6 Å². The second-order valence-corrected chi connectivity index (χ2v) is 10.3. The number of nitrogens with one attached hydrogen (secondary N) is 1. The molecule has 2 aromatic carbocycles. The standard InChI is InChI=1S/C27H29ClN4O2S/c28-22-7-2-4-9-24(22)31-15-17-32(18-16-31)27(34)21-6-1-3-8-23(21)30-13-11-20(12-14-30)29-26(33)25-10-5-19-35-25/h1-10,19-20H,11-18H2,(H,29,33). The van der Waals surface area contributed by atoms with Gasteiger partial charge in [0.05, 0.1) is 21.2 Å². The van der Waals surface area contributed by atoms with Gasteiger partial charge in [-0.2, -0.15) is 0 Å². The molecule has 2 aliphatic rings.